The molecule has 2 heteroatoms. The highest BCUT2D eigenvalue weighted by molar-refractivity contribution is 5.63. The molecule has 0 atom stereocenters. The molecule has 1 aromatic heterocycles. The highest BCUT2D eigenvalue weighted by atomic mass is 19.1. The predicted octanol–water partition coefficient (Wildman–Crippen LogP) is 3.14. The van der Waals surface area contributed by atoms with Crippen LogP contribution in [0.5, 0.6) is 0 Å². The lowest BCUT2D eigenvalue weighted by molar-refractivity contribution is 0.628. The van der Waals surface area contributed by atoms with E-state index in [0.717, 1.165) is 11.1 Å². The molecule has 72 valence electrons. The van der Waals surface area contributed by atoms with Crippen LogP contribution in [0.2, 0.25) is 0 Å². The minimum atomic E-state index is -0.193. The van der Waals surface area contributed by atoms with E-state index in [2.05, 4.69) is 10.6 Å². The van der Waals surface area contributed by atoms with Gasteiger partial charge in [-0.3, -0.25) is 0 Å². The lowest BCUT2D eigenvalue weighted by atomic mass is 10.1. The summed E-state index contributed by atoms with van der Waals surface area (Å²) in [6, 6.07) is 8.65. The molecule has 0 unspecified atom stereocenters. The van der Waals surface area contributed by atoms with Crippen molar-refractivity contribution < 1.29 is 4.39 Å². The van der Waals surface area contributed by atoms with Gasteiger partial charge in [-0.1, -0.05) is 12.1 Å². The molecule has 0 fully saturated rings. The van der Waals surface area contributed by atoms with Gasteiger partial charge in [0.2, 0.25) is 0 Å². The van der Waals surface area contributed by atoms with Crippen LogP contribution in [0, 0.1) is 12.7 Å². The van der Waals surface area contributed by atoms with Gasteiger partial charge >= 0.3 is 0 Å². The number of benzene rings is 1. The van der Waals surface area contributed by atoms with Gasteiger partial charge in [-0.15, -0.1) is 0 Å². The first-order chi connectivity index (χ1) is 6.66. The molecule has 0 saturated carbocycles. The summed E-state index contributed by atoms with van der Waals surface area (Å²) in [5.41, 5.74) is 3.38. The number of aromatic nitrogens is 1. The number of rotatable bonds is 1. The fraction of sp³-hybridized carbons (Fsp3) is 0.167. The topological polar surface area (TPSA) is 4.93 Å². The zero-order valence-electron chi connectivity index (χ0n) is 8.29. The summed E-state index contributed by atoms with van der Waals surface area (Å²) in [4.78, 5) is 0. The van der Waals surface area contributed by atoms with Gasteiger partial charge in [-0.2, -0.15) is 0 Å². The first-order valence-corrected chi connectivity index (χ1v) is 4.56. The molecule has 0 spiro atoms. The molecule has 0 aliphatic carbocycles. The molecule has 1 nitrogen and oxygen atoms in total. The van der Waals surface area contributed by atoms with Gasteiger partial charge in [0.15, 0.2) is 0 Å². The van der Waals surface area contributed by atoms with Crippen molar-refractivity contribution >= 4 is 0 Å². The van der Waals surface area contributed by atoms with Crippen molar-refractivity contribution in [2.45, 2.75) is 6.92 Å². The van der Waals surface area contributed by atoms with Gasteiger partial charge in [0.05, 0.1) is 0 Å². The van der Waals surface area contributed by atoms with Crippen LogP contribution in [0.25, 0.3) is 11.1 Å². The zero-order valence-corrected chi connectivity index (χ0v) is 8.29. The van der Waals surface area contributed by atoms with Crippen LogP contribution in [0.15, 0.2) is 36.5 Å². The standard InChI is InChI=1S/C12H12FN/c1-9-7-11(8-14(9)2)10-3-5-12(13)6-4-10/h3-8H,1-2H3. The van der Waals surface area contributed by atoms with Gasteiger partial charge in [0.1, 0.15) is 5.82 Å². The smallest absolute Gasteiger partial charge is 0.123 e. The van der Waals surface area contributed by atoms with Gasteiger partial charge in [0, 0.05) is 18.9 Å². The van der Waals surface area contributed by atoms with Crippen molar-refractivity contribution in [3.63, 3.8) is 0 Å². The van der Waals surface area contributed by atoms with Crippen LogP contribution >= 0.6 is 0 Å². The van der Waals surface area contributed by atoms with Crippen molar-refractivity contribution in [3.05, 3.63) is 48.0 Å². The third-order valence-electron chi connectivity index (χ3n) is 2.43. The maximum absolute atomic E-state index is 12.7. The molecule has 1 aromatic carbocycles. The summed E-state index contributed by atoms with van der Waals surface area (Å²) in [6.45, 7) is 2.05. The van der Waals surface area contributed by atoms with Crippen LogP contribution in [0.3, 0.4) is 0 Å². The quantitative estimate of drug-likeness (QED) is 0.649. The Labute approximate surface area is 82.8 Å². The molecule has 2 rings (SSSR count). The number of nitrogens with zero attached hydrogens (tertiary/aromatic N) is 1. The molecule has 14 heavy (non-hydrogen) atoms. The van der Waals surface area contributed by atoms with E-state index in [1.54, 1.807) is 12.1 Å². The normalized spacial score (nSPS) is 10.5. The lowest BCUT2D eigenvalue weighted by Crippen LogP contribution is -1.85. The van der Waals surface area contributed by atoms with E-state index in [4.69, 9.17) is 0 Å². The molecule has 0 aliphatic rings. The average Bonchev–Trinajstić information content (AvgIpc) is 2.48. The van der Waals surface area contributed by atoms with Gasteiger partial charge in [-0.05, 0) is 36.2 Å². The summed E-state index contributed by atoms with van der Waals surface area (Å²) in [7, 11) is 2.00. The first-order valence-electron chi connectivity index (χ1n) is 4.56. The Hall–Kier alpha value is -1.57. The second kappa shape index (κ2) is 3.29. The number of hydrogen-bond acceptors (Lipinski definition) is 0. The van der Waals surface area contributed by atoms with E-state index in [1.165, 1.54) is 17.8 Å². The second-order valence-corrected chi connectivity index (χ2v) is 3.49. The highest BCUT2D eigenvalue weighted by Crippen LogP contribution is 2.21. The van der Waals surface area contributed by atoms with E-state index in [0.29, 0.717) is 0 Å². The summed E-state index contributed by atoms with van der Waals surface area (Å²) in [5.74, 6) is -0.193. The van der Waals surface area contributed by atoms with Crippen LogP contribution in [0.1, 0.15) is 5.69 Å². The Kier molecular flexibility index (Phi) is 2.12. The molecular weight excluding hydrogens is 177 g/mol. The molecule has 0 saturated heterocycles. The van der Waals surface area contributed by atoms with Crippen LogP contribution in [-0.4, -0.2) is 4.57 Å². The average molecular weight is 189 g/mol. The molecule has 0 bridgehead atoms. The minimum absolute atomic E-state index is 0.193. The van der Waals surface area contributed by atoms with E-state index in [9.17, 15) is 4.39 Å². The van der Waals surface area contributed by atoms with Gasteiger partial charge in [-0.25, -0.2) is 4.39 Å². The summed E-state index contributed by atoms with van der Waals surface area (Å²) in [5, 5.41) is 0. The SMILES string of the molecule is Cc1cc(-c2ccc(F)cc2)cn1C. The Morgan fingerprint density at radius 1 is 1.07 bits per heavy atom. The molecular formula is C12H12FN. The molecule has 0 amide bonds. The van der Waals surface area contributed by atoms with Gasteiger partial charge < -0.3 is 4.57 Å². The third-order valence-corrected chi connectivity index (χ3v) is 2.43. The predicted molar refractivity (Wildman–Crippen MR) is 55.5 cm³/mol. The van der Waals surface area contributed by atoms with E-state index in [1.807, 2.05) is 20.2 Å². The summed E-state index contributed by atoms with van der Waals surface area (Å²) in [6.07, 6.45) is 2.04. The van der Waals surface area contributed by atoms with Gasteiger partial charge in [0.25, 0.3) is 0 Å². The minimum Gasteiger partial charge on any atom is -0.354 e. The number of aryl methyl sites for hydroxylation is 2. The largest absolute Gasteiger partial charge is 0.354 e. The van der Waals surface area contributed by atoms with Crippen molar-refractivity contribution in [3.8, 4) is 11.1 Å². The third kappa shape index (κ3) is 1.55. The summed E-state index contributed by atoms with van der Waals surface area (Å²) < 4.78 is 14.7. The highest BCUT2D eigenvalue weighted by Gasteiger charge is 2.01. The van der Waals surface area contributed by atoms with Crippen LogP contribution in [0.4, 0.5) is 4.39 Å². The fourth-order valence-electron chi connectivity index (χ4n) is 1.47. The van der Waals surface area contributed by atoms with Crippen molar-refractivity contribution in [1.29, 1.82) is 0 Å². The first kappa shape index (κ1) is 9.00. The Morgan fingerprint density at radius 2 is 1.71 bits per heavy atom. The molecule has 0 aliphatic heterocycles. The summed E-state index contributed by atoms with van der Waals surface area (Å²) >= 11 is 0. The Balaban J connectivity index is 2.44. The molecule has 0 N–H and O–H groups in total. The van der Waals surface area contributed by atoms with Crippen LogP contribution < -0.4 is 0 Å². The maximum atomic E-state index is 12.7. The lowest BCUT2D eigenvalue weighted by Gasteiger charge is -1.96. The molecule has 1 heterocycles. The number of hydrogen-bond donors (Lipinski definition) is 0. The second-order valence-electron chi connectivity index (χ2n) is 3.49. The molecule has 2 aromatic rings. The van der Waals surface area contributed by atoms with E-state index >= 15 is 0 Å². The zero-order chi connectivity index (χ0) is 10.1. The van der Waals surface area contributed by atoms with E-state index < -0.39 is 0 Å². The fourth-order valence-corrected chi connectivity index (χ4v) is 1.47. The van der Waals surface area contributed by atoms with Crippen molar-refractivity contribution in [2.24, 2.45) is 7.05 Å². The molecule has 0 radical (unpaired) electrons. The Bertz CT molecular complexity index is 420. The van der Waals surface area contributed by atoms with Crippen LogP contribution in [-0.2, 0) is 7.05 Å². The Morgan fingerprint density at radius 3 is 2.21 bits per heavy atom. The van der Waals surface area contributed by atoms with E-state index in [-0.39, 0.29) is 5.82 Å². The monoisotopic (exact) mass is 189 g/mol. The maximum Gasteiger partial charge on any atom is 0.123 e. The van der Waals surface area contributed by atoms with Crippen molar-refractivity contribution in [1.82, 2.24) is 4.57 Å². The van der Waals surface area contributed by atoms with Crippen molar-refractivity contribution in [2.75, 3.05) is 0 Å². The number of halogens is 1.